The van der Waals surface area contributed by atoms with Crippen molar-refractivity contribution >= 4 is 11.6 Å². The van der Waals surface area contributed by atoms with Gasteiger partial charge in [0.05, 0.1) is 5.69 Å². The third-order valence-corrected chi connectivity index (χ3v) is 2.71. The number of nitrogens with zero attached hydrogens (tertiary/aromatic N) is 3. The molecule has 0 aliphatic heterocycles. The minimum absolute atomic E-state index is 0.00138. The third-order valence-electron chi connectivity index (χ3n) is 2.71. The van der Waals surface area contributed by atoms with Gasteiger partial charge in [-0.2, -0.15) is 5.10 Å². The Hall–Kier alpha value is -1.91. The molecular weight excluding hydrogens is 218 g/mol. The monoisotopic (exact) mass is 233 g/mol. The third kappa shape index (κ3) is 2.13. The zero-order chi connectivity index (χ0) is 12.6. The number of carboxylic acid groups (broad SMARTS) is 1. The lowest BCUT2D eigenvalue weighted by Gasteiger charge is -2.12. The standard InChI is InChI=1S/C12H15N3O2/c1-7(2)11(12(16)17)9-4-10-13-5-8(3)6-15(10)14-9/h4-7,11H,1-3H3,(H,16,17). The van der Waals surface area contributed by atoms with Crippen LogP contribution in [0.1, 0.15) is 31.0 Å². The van der Waals surface area contributed by atoms with Gasteiger partial charge in [-0.25, -0.2) is 9.50 Å². The number of aliphatic carboxylic acids is 1. The van der Waals surface area contributed by atoms with Crippen molar-refractivity contribution in [3.63, 3.8) is 0 Å². The highest BCUT2D eigenvalue weighted by atomic mass is 16.4. The summed E-state index contributed by atoms with van der Waals surface area (Å²) in [6.07, 6.45) is 3.58. The highest BCUT2D eigenvalue weighted by Gasteiger charge is 2.26. The average Bonchev–Trinajstić information content (AvgIpc) is 2.58. The molecule has 0 aliphatic rings. The maximum Gasteiger partial charge on any atom is 0.312 e. The van der Waals surface area contributed by atoms with Crippen LogP contribution in [0.3, 0.4) is 0 Å². The molecular formula is C12H15N3O2. The second-order valence-corrected chi connectivity index (χ2v) is 4.56. The Labute approximate surface area is 99.1 Å². The van der Waals surface area contributed by atoms with Gasteiger partial charge in [0.1, 0.15) is 5.92 Å². The molecule has 90 valence electrons. The Kier molecular flexibility index (Phi) is 2.83. The highest BCUT2D eigenvalue weighted by molar-refractivity contribution is 5.76. The molecule has 2 heterocycles. The van der Waals surface area contributed by atoms with Crippen LogP contribution < -0.4 is 0 Å². The van der Waals surface area contributed by atoms with E-state index in [2.05, 4.69) is 10.1 Å². The van der Waals surface area contributed by atoms with E-state index in [-0.39, 0.29) is 5.92 Å². The van der Waals surface area contributed by atoms with Gasteiger partial charge < -0.3 is 5.11 Å². The normalized spacial score (nSPS) is 13.2. The van der Waals surface area contributed by atoms with Crippen LogP contribution in [-0.4, -0.2) is 25.7 Å². The molecule has 0 saturated carbocycles. The number of hydrogen-bond acceptors (Lipinski definition) is 3. The lowest BCUT2D eigenvalue weighted by atomic mass is 9.93. The summed E-state index contributed by atoms with van der Waals surface area (Å²) in [6.45, 7) is 5.67. The molecule has 0 fully saturated rings. The van der Waals surface area contributed by atoms with Gasteiger partial charge in [0.15, 0.2) is 5.65 Å². The highest BCUT2D eigenvalue weighted by Crippen LogP contribution is 2.24. The summed E-state index contributed by atoms with van der Waals surface area (Å²) in [5, 5.41) is 13.5. The van der Waals surface area contributed by atoms with Gasteiger partial charge in [0.25, 0.3) is 0 Å². The first-order valence-corrected chi connectivity index (χ1v) is 5.54. The van der Waals surface area contributed by atoms with Crippen molar-refractivity contribution in [3.05, 3.63) is 29.7 Å². The molecule has 5 heteroatoms. The van der Waals surface area contributed by atoms with Crippen LogP contribution in [0, 0.1) is 12.8 Å². The van der Waals surface area contributed by atoms with E-state index in [1.54, 1.807) is 16.8 Å². The molecule has 1 N–H and O–H groups in total. The van der Waals surface area contributed by atoms with Crippen LogP contribution in [0.4, 0.5) is 0 Å². The van der Waals surface area contributed by atoms with E-state index in [1.807, 2.05) is 27.0 Å². The summed E-state index contributed by atoms with van der Waals surface area (Å²) < 4.78 is 1.63. The van der Waals surface area contributed by atoms with Crippen molar-refractivity contribution in [2.75, 3.05) is 0 Å². The van der Waals surface area contributed by atoms with E-state index in [9.17, 15) is 9.90 Å². The van der Waals surface area contributed by atoms with E-state index in [0.717, 1.165) is 5.56 Å². The molecule has 2 aromatic heterocycles. The van der Waals surface area contributed by atoms with E-state index in [0.29, 0.717) is 11.3 Å². The van der Waals surface area contributed by atoms with Crippen molar-refractivity contribution in [1.29, 1.82) is 0 Å². The number of aromatic nitrogens is 3. The molecule has 0 aromatic carbocycles. The molecule has 0 radical (unpaired) electrons. The molecule has 0 amide bonds. The van der Waals surface area contributed by atoms with Gasteiger partial charge in [0, 0.05) is 18.5 Å². The lowest BCUT2D eigenvalue weighted by Crippen LogP contribution is -2.18. The van der Waals surface area contributed by atoms with Crippen LogP contribution in [0.15, 0.2) is 18.5 Å². The van der Waals surface area contributed by atoms with Gasteiger partial charge >= 0.3 is 5.97 Å². The van der Waals surface area contributed by atoms with Crippen molar-refractivity contribution in [2.45, 2.75) is 26.7 Å². The maximum absolute atomic E-state index is 11.2. The fraction of sp³-hybridized carbons (Fsp3) is 0.417. The summed E-state index contributed by atoms with van der Waals surface area (Å²) in [4.78, 5) is 15.4. The molecule has 0 spiro atoms. The van der Waals surface area contributed by atoms with E-state index in [1.165, 1.54) is 0 Å². The first kappa shape index (κ1) is 11.6. The predicted molar refractivity (Wildman–Crippen MR) is 62.9 cm³/mol. The zero-order valence-electron chi connectivity index (χ0n) is 10.1. The van der Waals surface area contributed by atoms with Crippen molar-refractivity contribution < 1.29 is 9.90 Å². The summed E-state index contributed by atoms with van der Waals surface area (Å²) in [5.74, 6) is -1.43. The number of rotatable bonds is 3. The van der Waals surface area contributed by atoms with Gasteiger partial charge in [-0.3, -0.25) is 4.79 Å². The van der Waals surface area contributed by atoms with Gasteiger partial charge in [0.2, 0.25) is 0 Å². The molecule has 0 aliphatic carbocycles. The number of aryl methyl sites for hydroxylation is 1. The Morgan fingerprint density at radius 1 is 1.47 bits per heavy atom. The number of fused-ring (bicyclic) bond motifs is 1. The van der Waals surface area contributed by atoms with Crippen LogP contribution in [0.5, 0.6) is 0 Å². The van der Waals surface area contributed by atoms with Crippen molar-refractivity contribution in [3.8, 4) is 0 Å². The van der Waals surface area contributed by atoms with Crippen molar-refractivity contribution in [1.82, 2.24) is 14.6 Å². The topological polar surface area (TPSA) is 67.5 Å². The molecule has 17 heavy (non-hydrogen) atoms. The first-order chi connectivity index (χ1) is 7.99. The number of carboxylic acids is 1. The van der Waals surface area contributed by atoms with Crippen LogP contribution in [0.25, 0.3) is 5.65 Å². The SMILES string of the molecule is Cc1cnc2cc(C(C(=O)O)C(C)C)nn2c1. The lowest BCUT2D eigenvalue weighted by molar-refractivity contribution is -0.140. The van der Waals surface area contributed by atoms with Crippen LogP contribution in [-0.2, 0) is 4.79 Å². The first-order valence-electron chi connectivity index (χ1n) is 5.54. The molecule has 0 saturated heterocycles. The van der Waals surface area contributed by atoms with Gasteiger partial charge in [-0.1, -0.05) is 13.8 Å². The number of carbonyl (C=O) groups is 1. The Morgan fingerprint density at radius 3 is 2.76 bits per heavy atom. The maximum atomic E-state index is 11.2. The quantitative estimate of drug-likeness (QED) is 0.878. The predicted octanol–water partition coefficient (Wildman–Crippen LogP) is 1.86. The second-order valence-electron chi connectivity index (χ2n) is 4.56. The Balaban J connectivity index is 2.51. The second kappa shape index (κ2) is 4.16. The smallest absolute Gasteiger partial charge is 0.312 e. The van der Waals surface area contributed by atoms with Gasteiger partial charge in [-0.15, -0.1) is 0 Å². The fourth-order valence-electron chi connectivity index (χ4n) is 1.89. The molecule has 0 bridgehead atoms. The molecule has 1 unspecified atom stereocenters. The van der Waals surface area contributed by atoms with Crippen molar-refractivity contribution in [2.24, 2.45) is 5.92 Å². The zero-order valence-corrected chi connectivity index (χ0v) is 10.1. The van der Waals surface area contributed by atoms with Crippen LogP contribution >= 0.6 is 0 Å². The van der Waals surface area contributed by atoms with E-state index in [4.69, 9.17) is 0 Å². The molecule has 2 rings (SSSR count). The minimum atomic E-state index is -0.847. The summed E-state index contributed by atoms with van der Waals surface area (Å²) in [7, 11) is 0. The average molecular weight is 233 g/mol. The van der Waals surface area contributed by atoms with Crippen LogP contribution in [0.2, 0.25) is 0 Å². The Bertz CT molecular complexity index is 560. The molecule has 1 atom stereocenters. The summed E-state index contributed by atoms with van der Waals surface area (Å²) >= 11 is 0. The fourth-order valence-corrected chi connectivity index (χ4v) is 1.89. The Morgan fingerprint density at radius 2 is 2.18 bits per heavy atom. The molecule has 5 nitrogen and oxygen atoms in total. The van der Waals surface area contributed by atoms with E-state index >= 15 is 0 Å². The molecule has 2 aromatic rings. The number of hydrogen-bond donors (Lipinski definition) is 1. The largest absolute Gasteiger partial charge is 0.481 e. The summed E-state index contributed by atoms with van der Waals surface area (Å²) in [5.41, 5.74) is 2.23. The minimum Gasteiger partial charge on any atom is -0.481 e. The van der Waals surface area contributed by atoms with Gasteiger partial charge in [-0.05, 0) is 18.4 Å². The van der Waals surface area contributed by atoms with E-state index < -0.39 is 11.9 Å². The summed E-state index contributed by atoms with van der Waals surface area (Å²) in [6, 6.07) is 1.73.